The van der Waals surface area contributed by atoms with Crippen molar-refractivity contribution in [2.75, 3.05) is 19.4 Å². The number of hydrogen-bond acceptors (Lipinski definition) is 3. The first-order valence-corrected chi connectivity index (χ1v) is 5.24. The van der Waals surface area contributed by atoms with E-state index in [-0.39, 0.29) is 11.2 Å². The predicted octanol–water partition coefficient (Wildman–Crippen LogP) is 1.77. The van der Waals surface area contributed by atoms with Gasteiger partial charge in [-0.3, -0.25) is 4.79 Å². The van der Waals surface area contributed by atoms with Crippen molar-refractivity contribution in [2.24, 2.45) is 5.41 Å². The van der Waals surface area contributed by atoms with Crippen LogP contribution < -0.4 is 0 Å². The average Bonchev–Trinajstić information content (AvgIpc) is 1.93. The number of Topliss-reactive ketones (excluding diaryl/α,β-unsaturated/α-hetero) is 1. The summed E-state index contributed by atoms with van der Waals surface area (Å²) >= 11 is 0. The first kappa shape index (κ1) is 10.1. The molecule has 1 aliphatic rings. The molecule has 1 radical (unpaired) electrons. The van der Waals surface area contributed by atoms with E-state index in [4.69, 9.17) is 9.05 Å². The predicted molar refractivity (Wildman–Crippen MR) is 47.8 cm³/mol. The van der Waals surface area contributed by atoms with Crippen molar-refractivity contribution in [3.63, 3.8) is 0 Å². The molecule has 0 atom stereocenters. The van der Waals surface area contributed by atoms with Crippen LogP contribution in [0.15, 0.2) is 0 Å². The highest BCUT2D eigenvalue weighted by atomic mass is 31.2. The summed E-state index contributed by atoms with van der Waals surface area (Å²) in [5, 5.41) is 0. The van der Waals surface area contributed by atoms with Gasteiger partial charge in [0, 0.05) is 12.3 Å². The maximum absolute atomic E-state index is 10.6. The summed E-state index contributed by atoms with van der Waals surface area (Å²) in [6, 6.07) is 0. The van der Waals surface area contributed by atoms with Crippen LogP contribution in [0.3, 0.4) is 0 Å². The van der Waals surface area contributed by atoms with E-state index in [1.165, 1.54) is 0 Å². The Kier molecular flexibility index (Phi) is 3.22. The summed E-state index contributed by atoms with van der Waals surface area (Å²) < 4.78 is 10.8. The minimum atomic E-state index is -0.982. The Morgan fingerprint density at radius 3 is 2.42 bits per heavy atom. The Bertz CT molecular complexity index is 169. The first-order chi connectivity index (χ1) is 5.49. The summed E-state index contributed by atoms with van der Waals surface area (Å²) in [5.74, 6) is -0.110. The van der Waals surface area contributed by atoms with Crippen molar-refractivity contribution in [2.45, 2.75) is 13.8 Å². The molecule has 0 spiro atoms. The van der Waals surface area contributed by atoms with Crippen molar-refractivity contribution in [1.29, 1.82) is 0 Å². The van der Waals surface area contributed by atoms with E-state index in [2.05, 4.69) is 20.8 Å². The van der Waals surface area contributed by atoms with Gasteiger partial charge >= 0.3 is 0 Å². The lowest BCUT2D eigenvalue weighted by molar-refractivity contribution is -0.112. The fourth-order valence-corrected chi connectivity index (χ4v) is 2.34. The Morgan fingerprint density at radius 1 is 1.50 bits per heavy atom. The molecule has 0 aromatic heterocycles. The summed E-state index contributed by atoms with van der Waals surface area (Å²) in [6.07, 6.45) is 0.325. The molecule has 0 saturated carbocycles. The van der Waals surface area contributed by atoms with Crippen molar-refractivity contribution in [1.82, 2.24) is 0 Å². The first-order valence-electron chi connectivity index (χ1n) is 3.88. The maximum atomic E-state index is 10.6. The number of ketones is 1. The summed E-state index contributed by atoms with van der Waals surface area (Å²) in [5.41, 5.74) is 0.0864. The van der Waals surface area contributed by atoms with Crippen molar-refractivity contribution < 1.29 is 13.8 Å². The van der Waals surface area contributed by atoms with Gasteiger partial charge in [0.1, 0.15) is 5.78 Å². The molecule has 12 heavy (non-hydrogen) atoms. The second kappa shape index (κ2) is 3.82. The molecule has 1 aliphatic heterocycles. The number of carbonyl (C=O) groups excluding carboxylic acids is 1. The largest absolute Gasteiger partial charge is 0.333 e. The molecule has 1 fully saturated rings. The molecule has 1 heterocycles. The smallest absolute Gasteiger partial charge is 0.178 e. The van der Waals surface area contributed by atoms with Gasteiger partial charge in [-0.2, -0.15) is 0 Å². The van der Waals surface area contributed by atoms with Gasteiger partial charge in [0.15, 0.2) is 8.38 Å². The van der Waals surface area contributed by atoms with Crippen LogP contribution in [0.25, 0.3) is 0 Å². The third-order valence-corrected chi connectivity index (χ3v) is 2.95. The molecule has 0 amide bonds. The third kappa shape index (κ3) is 3.18. The second-order valence-corrected chi connectivity index (χ2v) is 5.24. The standard InChI is InChI=1S/C8H14O3P/c1-7(9)4-12-10-5-8(2,3)6-11-12/h1,4-6H2,2-3H3. The molecule has 1 saturated heterocycles. The van der Waals surface area contributed by atoms with Crippen LogP contribution in [0, 0.1) is 12.3 Å². The van der Waals surface area contributed by atoms with E-state index in [1.807, 2.05) is 0 Å². The van der Waals surface area contributed by atoms with Crippen LogP contribution in [-0.2, 0) is 13.8 Å². The molecule has 0 bridgehead atoms. The number of rotatable bonds is 2. The molecule has 0 N–H and O–H groups in total. The monoisotopic (exact) mass is 189 g/mol. The van der Waals surface area contributed by atoms with Crippen LogP contribution in [0.2, 0.25) is 0 Å². The van der Waals surface area contributed by atoms with Crippen LogP contribution >= 0.6 is 8.38 Å². The SMILES string of the molecule is [CH2]C(=O)CP1OCC(C)(C)CO1. The molecular weight excluding hydrogens is 175 g/mol. The molecule has 69 valence electrons. The summed E-state index contributed by atoms with van der Waals surface area (Å²) in [7, 11) is -0.982. The summed E-state index contributed by atoms with van der Waals surface area (Å²) in [6.45, 7) is 8.78. The maximum Gasteiger partial charge on any atom is 0.178 e. The Hall–Kier alpha value is 0.0200. The Morgan fingerprint density at radius 2 is 2.00 bits per heavy atom. The van der Waals surface area contributed by atoms with E-state index in [0.717, 1.165) is 0 Å². The van der Waals surface area contributed by atoms with Crippen LogP contribution in [0.1, 0.15) is 13.8 Å². The molecular formula is C8H14O3P. The minimum absolute atomic E-state index is 0.0864. The highest BCUT2D eigenvalue weighted by Crippen LogP contribution is 2.45. The topological polar surface area (TPSA) is 35.5 Å². The van der Waals surface area contributed by atoms with Gasteiger partial charge in [0.2, 0.25) is 0 Å². The highest BCUT2D eigenvalue weighted by molar-refractivity contribution is 7.48. The van der Waals surface area contributed by atoms with Crippen LogP contribution in [0.5, 0.6) is 0 Å². The zero-order chi connectivity index (χ0) is 9.19. The molecule has 0 aromatic rings. The molecule has 1 rings (SSSR count). The Balaban J connectivity index is 2.31. The number of hydrogen-bond donors (Lipinski definition) is 0. The average molecular weight is 189 g/mol. The van der Waals surface area contributed by atoms with E-state index in [0.29, 0.717) is 19.4 Å². The number of carbonyl (C=O) groups is 1. The van der Waals surface area contributed by atoms with Crippen LogP contribution in [-0.4, -0.2) is 25.2 Å². The minimum Gasteiger partial charge on any atom is -0.333 e. The Labute approximate surface area is 74.3 Å². The molecule has 0 aliphatic carbocycles. The van der Waals surface area contributed by atoms with Gasteiger partial charge in [-0.25, -0.2) is 0 Å². The zero-order valence-corrected chi connectivity index (χ0v) is 8.39. The van der Waals surface area contributed by atoms with E-state index < -0.39 is 8.38 Å². The fourth-order valence-electron chi connectivity index (χ4n) is 0.808. The highest BCUT2D eigenvalue weighted by Gasteiger charge is 2.29. The second-order valence-electron chi connectivity index (χ2n) is 3.74. The zero-order valence-electron chi connectivity index (χ0n) is 7.50. The van der Waals surface area contributed by atoms with Crippen LogP contribution in [0.4, 0.5) is 0 Å². The lowest BCUT2D eigenvalue weighted by atomic mass is 9.97. The molecule has 0 unspecified atom stereocenters. The normalized spacial score (nSPS) is 23.9. The van der Waals surface area contributed by atoms with E-state index >= 15 is 0 Å². The molecule has 4 heteroatoms. The van der Waals surface area contributed by atoms with Gasteiger partial charge in [-0.15, -0.1) is 0 Å². The quantitative estimate of drug-likeness (QED) is 0.621. The van der Waals surface area contributed by atoms with Gasteiger partial charge < -0.3 is 9.05 Å². The fraction of sp³-hybridized carbons (Fsp3) is 0.750. The van der Waals surface area contributed by atoms with Gasteiger partial charge in [-0.05, 0) is 0 Å². The van der Waals surface area contributed by atoms with E-state index in [1.54, 1.807) is 0 Å². The van der Waals surface area contributed by atoms with Gasteiger partial charge in [-0.1, -0.05) is 13.8 Å². The van der Waals surface area contributed by atoms with E-state index in [9.17, 15) is 4.79 Å². The van der Waals surface area contributed by atoms with Crippen molar-refractivity contribution in [3.8, 4) is 0 Å². The lowest BCUT2D eigenvalue weighted by Crippen LogP contribution is -2.29. The van der Waals surface area contributed by atoms with Crippen molar-refractivity contribution >= 4 is 14.2 Å². The molecule has 0 aromatic carbocycles. The summed E-state index contributed by atoms with van der Waals surface area (Å²) in [4.78, 5) is 10.6. The molecule has 3 nitrogen and oxygen atoms in total. The lowest BCUT2D eigenvalue weighted by Gasteiger charge is -2.33. The van der Waals surface area contributed by atoms with Gasteiger partial charge in [0.05, 0.1) is 19.4 Å². The van der Waals surface area contributed by atoms with Gasteiger partial charge in [0.25, 0.3) is 0 Å². The van der Waals surface area contributed by atoms with Crippen molar-refractivity contribution in [3.05, 3.63) is 6.92 Å². The third-order valence-electron chi connectivity index (χ3n) is 1.50.